The molecule has 0 aliphatic heterocycles. The predicted molar refractivity (Wildman–Crippen MR) is 95.1 cm³/mol. The van der Waals surface area contributed by atoms with Crippen molar-refractivity contribution in [1.82, 2.24) is 0 Å². The second-order valence-electron chi connectivity index (χ2n) is 6.88. The van der Waals surface area contributed by atoms with Gasteiger partial charge >= 0.3 is 0 Å². The number of ether oxygens (including phenoxy) is 1. The minimum absolute atomic E-state index is 0.364. The molecule has 2 aromatic carbocycles. The molecule has 0 heterocycles. The SMILES string of the molecule is CC(C)c1ccc(Oc2ccc(N(N=O)C(C)(C)C)cc2)cc1. The summed E-state index contributed by atoms with van der Waals surface area (Å²) in [6.45, 7) is 10.1. The summed E-state index contributed by atoms with van der Waals surface area (Å²) in [5.41, 5.74) is 1.66. The lowest BCUT2D eigenvalue weighted by Crippen LogP contribution is -2.36. The number of rotatable bonds is 5. The Morgan fingerprint density at radius 3 is 1.78 bits per heavy atom. The van der Waals surface area contributed by atoms with Crippen LogP contribution < -0.4 is 9.75 Å². The van der Waals surface area contributed by atoms with Crippen LogP contribution in [0.25, 0.3) is 0 Å². The molecule has 0 aromatic heterocycles. The van der Waals surface area contributed by atoms with E-state index < -0.39 is 0 Å². The maximum absolute atomic E-state index is 11.1. The molecule has 0 amide bonds. The molecule has 0 bridgehead atoms. The van der Waals surface area contributed by atoms with Crippen LogP contribution in [0.15, 0.2) is 53.8 Å². The topological polar surface area (TPSA) is 41.9 Å². The minimum atomic E-state index is -0.364. The van der Waals surface area contributed by atoms with Gasteiger partial charge in [-0.1, -0.05) is 26.0 Å². The Labute approximate surface area is 138 Å². The van der Waals surface area contributed by atoms with Gasteiger partial charge < -0.3 is 4.74 Å². The minimum Gasteiger partial charge on any atom is -0.457 e. The Balaban J connectivity index is 2.12. The van der Waals surface area contributed by atoms with E-state index >= 15 is 0 Å². The molecular weight excluding hydrogens is 288 g/mol. The van der Waals surface area contributed by atoms with E-state index in [-0.39, 0.29) is 5.54 Å². The lowest BCUT2D eigenvalue weighted by Gasteiger charge is -2.29. The molecule has 2 rings (SSSR count). The third kappa shape index (κ3) is 4.31. The van der Waals surface area contributed by atoms with E-state index in [1.54, 1.807) is 0 Å². The second-order valence-corrected chi connectivity index (χ2v) is 6.88. The Morgan fingerprint density at radius 2 is 1.39 bits per heavy atom. The normalized spacial score (nSPS) is 11.4. The first-order valence-corrected chi connectivity index (χ1v) is 7.82. The number of anilines is 1. The monoisotopic (exact) mass is 312 g/mol. The fourth-order valence-corrected chi connectivity index (χ4v) is 2.27. The quantitative estimate of drug-likeness (QED) is 0.510. The van der Waals surface area contributed by atoms with Gasteiger partial charge in [-0.15, -0.1) is 4.91 Å². The van der Waals surface area contributed by atoms with Crippen molar-refractivity contribution >= 4 is 5.69 Å². The van der Waals surface area contributed by atoms with E-state index in [1.165, 1.54) is 10.6 Å². The van der Waals surface area contributed by atoms with Crippen LogP contribution in [0.3, 0.4) is 0 Å². The van der Waals surface area contributed by atoms with E-state index in [1.807, 2.05) is 57.2 Å². The summed E-state index contributed by atoms with van der Waals surface area (Å²) in [5.74, 6) is 2.02. The molecule has 0 saturated carbocycles. The standard InChI is InChI=1S/C19H24N2O2/c1-14(2)15-6-10-17(11-7-15)23-18-12-8-16(9-13-18)21(20-22)19(3,4)5/h6-14H,1-5H3. The highest BCUT2D eigenvalue weighted by atomic mass is 16.5. The molecule has 122 valence electrons. The van der Waals surface area contributed by atoms with Crippen LogP contribution in [-0.4, -0.2) is 5.54 Å². The smallest absolute Gasteiger partial charge is 0.127 e. The van der Waals surface area contributed by atoms with Gasteiger partial charge in [-0.2, -0.15) is 0 Å². The average Bonchev–Trinajstić information content (AvgIpc) is 2.49. The zero-order valence-electron chi connectivity index (χ0n) is 14.4. The molecule has 0 spiro atoms. The van der Waals surface area contributed by atoms with Crippen molar-refractivity contribution in [3.8, 4) is 11.5 Å². The first-order chi connectivity index (χ1) is 10.8. The number of hydrogen-bond donors (Lipinski definition) is 0. The summed E-state index contributed by atoms with van der Waals surface area (Å²) in [7, 11) is 0. The van der Waals surface area contributed by atoms with Crippen LogP contribution in [-0.2, 0) is 0 Å². The zero-order valence-corrected chi connectivity index (χ0v) is 14.4. The highest BCUT2D eigenvalue weighted by Gasteiger charge is 2.22. The molecule has 23 heavy (non-hydrogen) atoms. The van der Waals surface area contributed by atoms with E-state index in [9.17, 15) is 4.91 Å². The van der Waals surface area contributed by atoms with Crippen LogP contribution in [0.2, 0.25) is 0 Å². The van der Waals surface area contributed by atoms with Crippen molar-refractivity contribution in [1.29, 1.82) is 0 Å². The zero-order chi connectivity index (χ0) is 17.0. The van der Waals surface area contributed by atoms with Gasteiger partial charge in [0.2, 0.25) is 0 Å². The largest absolute Gasteiger partial charge is 0.457 e. The van der Waals surface area contributed by atoms with Gasteiger partial charge in [0.15, 0.2) is 0 Å². The van der Waals surface area contributed by atoms with E-state index in [2.05, 4.69) is 31.3 Å². The van der Waals surface area contributed by atoms with E-state index in [4.69, 9.17) is 4.74 Å². The van der Waals surface area contributed by atoms with Crippen LogP contribution in [0.1, 0.15) is 46.1 Å². The molecule has 4 nitrogen and oxygen atoms in total. The Morgan fingerprint density at radius 1 is 0.913 bits per heavy atom. The molecule has 0 unspecified atom stereocenters. The fraction of sp³-hybridized carbons (Fsp3) is 0.368. The third-order valence-corrected chi connectivity index (χ3v) is 3.58. The average molecular weight is 312 g/mol. The van der Waals surface area contributed by atoms with Crippen molar-refractivity contribution in [3.05, 3.63) is 59.0 Å². The van der Waals surface area contributed by atoms with Crippen LogP contribution >= 0.6 is 0 Å². The number of nitroso groups, excluding NO2 is 1. The molecule has 0 aliphatic carbocycles. The maximum atomic E-state index is 11.1. The highest BCUT2D eigenvalue weighted by Crippen LogP contribution is 2.29. The van der Waals surface area contributed by atoms with E-state index in [0.717, 1.165) is 17.2 Å². The maximum Gasteiger partial charge on any atom is 0.127 e. The Kier molecular flexibility index (Phi) is 5.04. The van der Waals surface area contributed by atoms with Gasteiger partial charge in [-0.25, -0.2) is 5.01 Å². The number of nitrogens with zero attached hydrogens (tertiary/aromatic N) is 2. The van der Waals surface area contributed by atoms with Crippen molar-refractivity contribution in [2.75, 3.05) is 5.01 Å². The number of hydrogen-bond acceptors (Lipinski definition) is 3. The van der Waals surface area contributed by atoms with E-state index in [0.29, 0.717) is 5.92 Å². The first kappa shape index (κ1) is 17.0. The molecule has 4 heteroatoms. The summed E-state index contributed by atoms with van der Waals surface area (Å²) in [4.78, 5) is 11.1. The lowest BCUT2D eigenvalue weighted by atomic mass is 10.0. The van der Waals surface area contributed by atoms with Gasteiger partial charge in [0.25, 0.3) is 0 Å². The molecule has 0 fully saturated rings. The van der Waals surface area contributed by atoms with Gasteiger partial charge in [0.1, 0.15) is 11.5 Å². The molecule has 0 N–H and O–H groups in total. The highest BCUT2D eigenvalue weighted by molar-refractivity contribution is 5.50. The lowest BCUT2D eigenvalue weighted by molar-refractivity contribution is 0.481. The summed E-state index contributed by atoms with van der Waals surface area (Å²) < 4.78 is 5.84. The Hall–Kier alpha value is -2.36. The molecule has 0 atom stereocenters. The molecule has 0 radical (unpaired) electrons. The first-order valence-electron chi connectivity index (χ1n) is 7.82. The summed E-state index contributed by atoms with van der Waals surface area (Å²) in [6.07, 6.45) is 0. The van der Waals surface area contributed by atoms with Crippen LogP contribution in [0.5, 0.6) is 11.5 Å². The van der Waals surface area contributed by atoms with Crippen LogP contribution in [0, 0.1) is 4.91 Å². The molecule has 0 saturated heterocycles. The predicted octanol–water partition coefficient (Wildman–Crippen LogP) is 5.89. The second kappa shape index (κ2) is 6.82. The van der Waals surface area contributed by atoms with Crippen LogP contribution in [0.4, 0.5) is 5.69 Å². The van der Waals surface area contributed by atoms with Gasteiger partial charge in [0.05, 0.1) is 16.5 Å². The van der Waals surface area contributed by atoms with Crippen molar-refractivity contribution in [2.24, 2.45) is 5.29 Å². The molecular formula is C19H24N2O2. The molecule has 2 aromatic rings. The summed E-state index contributed by atoms with van der Waals surface area (Å²) >= 11 is 0. The van der Waals surface area contributed by atoms with Crippen molar-refractivity contribution in [2.45, 2.75) is 46.1 Å². The van der Waals surface area contributed by atoms with Crippen molar-refractivity contribution in [3.63, 3.8) is 0 Å². The van der Waals surface area contributed by atoms with Gasteiger partial charge in [-0.05, 0) is 68.7 Å². The summed E-state index contributed by atoms with van der Waals surface area (Å²) in [5, 5.41) is 4.56. The van der Waals surface area contributed by atoms with Gasteiger partial charge in [-0.3, -0.25) is 0 Å². The number of benzene rings is 2. The summed E-state index contributed by atoms with van der Waals surface area (Å²) in [6, 6.07) is 15.5. The van der Waals surface area contributed by atoms with Crippen molar-refractivity contribution < 1.29 is 4.74 Å². The van der Waals surface area contributed by atoms with Gasteiger partial charge in [0, 0.05) is 0 Å². The third-order valence-electron chi connectivity index (χ3n) is 3.58. The molecule has 0 aliphatic rings. The Bertz CT molecular complexity index is 641. The fourth-order valence-electron chi connectivity index (χ4n) is 2.27.